The van der Waals surface area contributed by atoms with Gasteiger partial charge in [-0.05, 0) is 13.3 Å². The van der Waals surface area contributed by atoms with Gasteiger partial charge in [0.1, 0.15) is 5.70 Å². The molecule has 0 spiro atoms. The van der Waals surface area contributed by atoms with Crippen LogP contribution in [0.15, 0.2) is 10.6 Å². The van der Waals surface area contributed by atoms with E-state index in [4.69, 9.17) is 0 Å². The molecule has 1 unspecified atom stereocenters. The van der Waals surface area contributed by atoms with Crippen LogP contribution < -0.4 is 16.0 Å². The number of hydrogen-bond acceptors (Lipinski definition) is 7. The Morgan fingerprint density at radius 1 is 1.29 bits per heavy atom. The van der Waals surface area contributed by atoms with E-state index in [9.17, 15) is 24.6 Å². The van der Waals surface area contributed by atoms with Gasteiger partial charge in [-0.25, -0.2) is 4.79 Å². The van der Waals surface area contributed by atoms with Crippen LogP contribution in [0.2, 0.25) is 0 Å². The first-order chi connectivity index (χ1) is 13.3. The van der Waals surface area contributed by atoms with Gasteiger partial charge in [-0.3, -0.25) is 9.59 Å². The third-order valence-corrected chi connectivity index (χ3v) is 7.72. The Bertz CT molecular complexity index is 741. The molecule has 0 aliphatic carbocycles. The normalized spacial score (nSPS) is 38.9. The monoisotopic (exact) mass is 410 g/mol. The molecule has 4 rings (SSSR count). The molecule has 2 amide bonds. The van der Waals surface area contributed by atoms with Crippen molar-refractivity contribution in [3.8, 4) is 0 Å². The van der Waals surface area contributed by atoms with Crippen molar-refractivity contribution in [1.29, 1.82) is 0 Å². The fraction of sp³-hybridized carbons (Fsp3) is 0.722. The van der Waals surface area contributed by atoms with Crippen LogP contribution in [-0.2, 0) is 14.4 Å². The minimum atomic E-state index is -1.10. The first kappa shape index (κ1) is 19.7. The molecule has 3 fully saturated rings. The molecule has 4 heterocycles. The second kappa shape index (κ2) is 7.33. The van der Waals surface area contributed by atoms with E-state index in [1.165, 1.54) is 16.7 Å². The molecule has 0 aromatic rings. The van der Waals surface area contributed by atoms with Crippen molar-refractivity contribution < 1.29 is 24.6 Å². The Hall–Kier alpha value is -1.62. The summed E-state index contributed by atoms with van der Waals surface area (Å²) < 4.78 is 0. The molecule has 5 N–H and O–H groups in total. The molecule has 4 aliphatic heterocycles. The van der Waals surface area contributed by atoms with Gasteiger partial charge in [0, 0.05) is 35.2 Å². The molecule has 28 heavy (non-hydrogen) atoms. The highest BCUT2D eigenvalue weighted by Crippen LogP contribution is 2.51. The first-order valence-electron chi connectivity index (χ1n) is 9.68. The Labute approximate surface area is 167 Å². The summed E-state index contributed by atoms with van der Waals surface area (Å²) in [7, 11) is 0. The van der Waals surface area contributed by atoms with E-state index in [0.29, 0.717) is 24.5 Å². The summed E-state index contributed by atoms with van der Waals surface area (Å²) in [4.78, 5) is 38.0. The molecule has 0 bridgehead atoms. The fourth-order valence-corrected chi connectivity index (χ4v) is 6.37. The zero-order valence-electron chi connectivity index (χ0n) is 15.8. The molecule has 0 saturated carbocycles. The lowest BCUT2D eigenvalue weighted by Crippen LogP contribution is -2.63. The molecule has 0 radical (unpaired) electrons. The van der Waals surface area contributed by atoms with Crippen molar-refractivity contribution >= 4 is 29.5 Å². The molecule has 3 saturated heterocycles. The van der Waals surface area contributed by atoms with Crippen molar-refractivity contribution in [2.45, 2.75) is 49.7 Å². The number of hydrogen-bond donors (Lipinski definition) is 5. The van der Waals surface area contributed by atoms with Gasteiger partial charge in [0.2, 0.25) is 11.8 Å². The van der Waals surface area contributed by atoms with Crippen LogP contribution in [0, 0.1) is 11.8 Å². The summed E-state index contributed by atoms with van der Waals surface area (Å²) in [6.45, 7) is 5.27. The van der Waals surface area contributed by atoms with E-state index in [-0.39, 0.29) is 46.8 Å². The summed E-state index contributed by atoms with van der Waals surface area (Å²) in [5.41, 5.74) is 0.0699. The van der Waals surface area contributed by atoms with Crippen molar-refractivity contribution in [2.75, 3.05) is 19.6 Å². The van der Waals surface area contributed by atoms with E-state index in [1.54, 1.807) is 6.92 Å². The maximum atomic E-state index is 12.4. The van der Waals surface area contributed by atoms with Gasteiger partial charge in [-0.15, -0.1) is 11.8 Å². The molecule has 9 nitrogen and oxygen atoms in total. The first-order valence-corrected chi connectivity index (χ1v) is 10.6. The van der Waals surface area contributed by atoms with Crippen molar-refractivity contribution in [2.24, 2.45) is 11.8 Å². The molecule has 10 heteroatoms. The maximum absolute atomic E-state index is 12.4. The highest BCUT2D eigenvalue weighted by Gasteiger charge is 2.60. The second-order valence-corrected chi connectivity index (χ2v) is 9.41. The number of nitrogens with zero attached hydrogens (tertiary/aromatic N) is 1. The topological polar surface area (TPSA) is 131 Å². The van der Waals surface area contributed by atoms with Crippen molar-refractivity contribution in [3.05, 3.63) is 10.6 Å². The van der Waals surface area contributed by atoms with Gasteiger partial charge in [0.15, 0.2) is 0 Å². The summed E-state index contributed by atoms with van der Waals surface area (Å²) in [5.74, 6) is -2.08. The number of fused-ring (bicyclic) bond motifs is 1. The van der Waals surface area contributed by atoms with Gasteiger partial charge < -0.3 is 31.1 Å². The predicted molar refractivity (Wildman–Crippen MR) is 102 cm³/mol. The van der Waals surface area contributed by atoms with Crippen LogP contribution in [0.3, 0.4) is 0 Å². The van der Waals surface area contributed by atoms with Gasteiger partial charge in [0.25, 0.3) is 0 Å². The van der Waals surface area contributed by atoms with E-state index in [0.717, 1.165) is 6.42 Å². The Morgan fingerprint density at radius 2 is 2.04 bits per heavy atom. The van der Waals surface area contributed by atoms with Gasteiger partial charge in [-0.1, -0.05) is 6.92 Å². The van der Waals surface area contributed by atoms with Crippen molar-refractivity contribution in [1.82, 2.24) is 20.9 Å². The maximum Gasteiger partial charge on any atom is 0.353 e. The highest BCUT2D eigenvalue weighted by molar-refractivity contribution is 8.03. The number of aliphatic hydroxyl groups is 1. The summed E-state index contributed by atoms with van der Waals surface area (Å²) in [6.07, 6.45) is 0.00862. The van der Waals surface area contributed by atoms with Crippen LogP contribution in [0.4, 0.5) is 0 Å². The van der Waals surface area contributed by atoms with Crippen LogP contribution in [0.1, 0.15) is 20.3 Å². The quantitative estimate of drug-likeness (QED) is 0.353. The summed E-state index contributed by atoms with van der Waals surface area (Å²) in [6, 6.07) is -0.140. The van der Waals surface area contributed by atoms with Crippen LogP contribution >= 0.6 is 11.8 Å². The zero-order chi connectivity index (χ0) is 20.2. The number of carbonyl (C=O) groups excluding carboxylic acids is 2. The van der Waals surface area contributed by atoms with Crippen LogP contribution in [0.25, 0.3) is 0 Å². The Morgan fingerprint density at radius 3 is 2.68 bits per heavy atom. The van der Waals surface area contributed by atoms with Gasteiger partial charge in [-0.2, -0.15) is 0 Å². The number of aliphatic carboxylic acids is 1. The minimum absolute atomic E-state index is 0.0125. The number of carboxylic acid groups (broad SMARTS) is 1. The lowest BCUT2D eigenvalue weighted by atomic mass is 9.79. The third kappa shape index (κ3) is 3.12. The summed E-state index contributed by atoms with van der Waals surface area (Å²) in [5, 5.41) is 29.4. The molecular weight excluding hydrogens is 384 g/mol. The molecular formula is C18H26N4O5S. The number of β-lactam (4-membered cyclic amide) rings is 1. The average molecular weight is 410 g/mol. The van der Waals surface area contributed by atoms with Gasteiger partial charge >= 0.3 is 5.97 Å². The SMILES string of the molecule is C[C@@H](O)[C@H]1C(=O)N2C(C(=O)O)=C(S[C@@H]3CN[C@H](C4CNCC(=O)N4)C3)[C@H](C)[C@H]12. The van der Waals surface area contributed by atoms with E-state index in [2.05, 4.69) is 16.0 Å². The Balaban J connectivity index is 1.47. The standard InChI is InChI=1S/C18H26N4O5S/c1-7-14-13(8(2)23)17(25)22(14)15(18(26)27)16(7)28-9-3-10(20-4-9)11-5-19-6-12(24)21-11/h7-11,13-14,19-20,23H,3-6H2,1-2H3,(H,21,24)(H,26,27)/t7-,8-,9+,10+,11?,13-,14-/m1/s1. The molecule has 154 valence electrons. The van der Waals surface area contributed by atoms with Gasteiger partial charge in [0.05, 0.1) is 30.7 Å². The number of nitrogens with one attached hydrogen (secondary N) is 3. The van der Waals surface area contributed by atoms with E-state index < -0.39 is 18.0 Å². The zero-order valence-corrected chi connectivity index (χ0v) is 16.7. The number of carboxylic acids is 1. The second-order valence-electron chi connectivity index (χ2n) is 8.07. The van der Waals surface area contributed by atoms with E-state index in [1.807, 2.05) is 6.92 Å². The molecule has 7 atom stereocenters. The lowest BCUT2D eigenvalue weighted by molar-refractivity contribution is -0.163. The fourth-order valence-electron chi connectivity index (χ4n) is 4.88. The minimum Gasteiger partial charge on any atom is -0.477 e. The average Bonchev–Trinajstić information content (AvgIpc) is 3.18. The summed E-state index contributed by atoms with van der Waals surface area (Å²) >= 11 is 1.52. The number of rotatable bonds is 5. The van der Waals surface area contributed by atoms with Crippen molar-refractivity contribution in [3.63, 3.8) is 0 Å². The highest BCUT2D eigenvalue weighted by atomic mass is 32.2. The Kier molecular flexibility index (Phi) is 5.15. The predicted octanol–water partition coefficient (Wildman–Crippen LogP) is -1.31. The molecule has 0 aromatic heterocycles. The van der Waals surface area contributed by atoms with Crippen LogP contribution in [0.5, 0.6) is 0 Å². The third-order valence-electron chi connectivity index (χ3n) is 6.21. The number of carbonyl (C=O) groups is 3. The largest absolute Gasteiger partial charge is 0.477 e. The number of piperazine rings is 1. The van der Waals surface area contributed by atoms with Crippen LogP contribution in [-0.4, -0.2) is 82.0 Å². The number of aliphatic hydroxyl groups excluding tert-OH is 1. The number of thioether (sulfide) groups is 1. The lowest BCUT2D eigenvalue weighted by Gasteiger charge is -2.46. The molecule has 0 aromatic carbocycles. The molecule has 4 aliphatic rings. The smallest absolute Gasteiger partial charge is 0.353 e. The number of amides is 2. The van der Waals surface area contributed by atoms with E-state index >= 15 is 0 Å².